The van der Waals surface area contributed by atoms with Crippen LogP contribution in [-0.4, -0.2) is 19.1 Å². The number of ether oxygens (including phenoxy) is 1. The predicted molar refractivity (Wildman–Crippen MR) is 142 cm³/mol. The van der Waals surface area contributed by atoms with Gasteiger partial charge in [-0.25, -0.2) is 4.79 Å². The van der Waals surface area contributed by atoms with Crippen molar-refractivity contribution in [1.82, 2.24) is 5.32 Å². The summed E-state index contributed by atoms with van der Waals surface area (Å²) in [7, 11) is 0. The molecule has 1 N–H and O–H groups in total. The monoisotopic (exact) mass is 467 g/mol. The molecule has 35 heavy (non-hydrogen) atoms. The van der Waals surface area contributed by atoms with Crippen molar-refractivity contribution in [2.75, 3.05) is 13.2 Å². The van der Waals surface area contributed by atoms with E-state index in [0.29, 0.717) is 18.6 Å². The number of hydrogen-bond acceptors (Lipinski definition) is 3. The second-order valence-corrected chi connectivity index (χ2v) is 11.1. The summed E-state index contributed by atoms with van der Waals surface area (Å²) in [6.07, 6.45) is 11.1. The van der Waals surface area contributed by atoms with Gasteiger partial charge in [0.15, 0.2) is 0 Å². The number of benzene rings is 2. The van der Waals surface area contributed by atoms with E-state index < -0.39 is 0 Å². The molecule has 0 aromatic heterocycles. The molecule has 0 saturated heterocycles. The molecule has 2 saturated carbocycles. The van der Waals surface area contributed by atoms with Gasteiger partial charge in [0.25, 0.3) is 0 Å². The van der Waals surface area contributed by atoms with E-state index in [1.165, 1.54) is 56.7 Å². The molecule has 5 rings (SSSR count). The topological polar surface area (TPSA) is 38.3 Å². The SMILES string of the molecule is CCOC(=O)C=Cc1ccc(C#Cc2cc(C3CC3)c3c(c2)C(C)(C)CCC3NCC2CC2)cc1. The lowest BCUT2D eigenvalue weighted by atomic mass is 9.68. The van der Waals surface area contributed by atoms with Gasteiger partial charge in [0.2, 0.25) is 0 Å². The van der Waals surface area contributed by atoms with Crippen molar-refractivity contribution in [1.29, 1.82) is 0 Å². The zero-order valence-corrected chi connectivity index (χ0v) is 21.3. The maximum atomic E-state index is 11.5. The highest BCUT2D eigenvalue weighted by Gasteiger charge is 2.38. The standard InChI is InChI=1S/C32H37NO2/c1-4-35-30(34)16-13-23-7-5-22(6-8-23)9-12-25-19-27(26-14-15-26)31-28(20-25)32(2,3)18-17-29(31)33-21-24-10-11-24/h5-8,13,16,19-20,24,26,29,33H,4,10-11,14-15,17-18,21H2,1-3H3. The van der Waals surface area contributed by atoms with E-state index in [1.54, 1.807) is 24.1 Å². The Morgan fingerprint density at radius 3 is 2.49 bits per heavy atom. The zero-order chi connectivity index (χ0) is 24.4. The summed E-state index contributed by atoms with van der Waals surface area (Å²) in [4.78, 5) is 11.5. The number of nitrogens with one attached hydrogen (secondary N) is 1. The fraction of sp³-hybridized carbons (Fsp3) is 0.469. The molecule has 0 amide bonds. The van der Waals surface area contributed by atoms with Crippen molar-refractivity contribution in [3.63, 3.8) is 0 Å². The van der Waals surface area contributed by atoms with Crippen LogP contribution in [0.1, 0.15) is 105 Å². The van der Waals surface area contributed by atoms with Gasteiger partial charge < -0.3 is 10.1 Å². The zero-order valence-electron chi connectivity index (χ0n) is 21.3. The maximum absolute atomic E-state index is 11.5. The predicted octanol–water partition coefficient (Wildman–Crippen LogP) is 6.65. The third-order valence-electron chi connectivity index (χ3n) is 7.67. The number of carbonyl (C=O) groups excluding carboxylic acids is 1. The summed E-state index contributed by atoms with van der Waals surface area (Å²) in [5.74, 6) is 8.13. The van der Waals surface area contributed by atoms with Crippen molar-refractivity contribution in [3.8, 4) is 11.8 Å². The number of carbonyl (C=O) groups is 1. The molecule has 3 aliphatic carbocycles. The van der Waals surface area contributed by atoms with Crippen LogP contribution in [0.15, 0.2) is 42.5 Å². The summed E-state index contributed by atoms with van der Waals surface area (Å²) in [6, 6.07) is 13.2. The summed E-state index contributed by atoms with van der Waals surface area (Å²) >= 11 is 0. The Balaban J connectivity index is 1.40. The Hall–Kier alpha value is -2.83. The largest absolute Gasteiger partial charge is 0.463 e. The van der Waals surface area contributed by atoms with Gasteiger partial charge in [-0.15, -0.1) is 0 Å². The molecule has 2 aromatic rings. The Kier molecular flexibility index (Phi) is 6.85. The van der Waals surface area contributed by atoms with Gasteiger partial charge in [-0.05, 0) is 122 Å². The minimum atomic E-state index is -0.317. The maximum Gasteiger partial charge on any atom is 0.330 e. The van der Waals surface area contributed by atoms with Gasteiger partial charge in [0.1, 0.15) is 0 Å². The molecule has 2 aromatic carbocycles. The number of fused-ring (bicyclic) bond motifs is 1. The minimum absolute atomic E-state index is 0.182. The van der Waals surface area contributed by atoms with Crippen LogP contribution in [0.5, 0.6) is 0 Å². The number of rotatable bonds is 7. The molecule has 0 bridgehead atoms. The van der Waals surface area contributed by atoms with E-state index in [4.69, 9.17) is 4.74 Å². The van der Waals surface area contributed by atoms with Gasteiger partial charge in [-0.3, -0.25) is 0 Å². The summed E-state index contributed by atoms with van der Waals surface area (Å²) in [6.45, 7) is 8.16. The van der Waals surface area contributed by atoms with E-state index in [2.05, 4.69) is 43.1 Å². The summed E-state index contributed by atoms with van der Waals surface area (Å²) in [5.41, 5.74) is 7.89. The molecule has 0 aliphatic heterocycles. The van der Waals surface area contributed by atoms with E-state index in [0.717, 1.165) is 22.6 Å². The van der Waals surface area contributed by atoms with Crippen molar-refractivity contribution < 1.29 is 9.53 Å². The van der Waals surface area contributed by atoms with Gasteiger partial charge in [-0.1, -0.05) is 37.8 Å². The highest BCUT2D eigenvalue weighted by molar-refractivity contribution is 5.87. The first-order valence-electron chi connectivity index (χ1n) is 13.3. The molecule has 3 nitrogen and oxygen atoms in total. The molecular formula is C32H37NO2. The van der Waals surface area contributed by atoms with Crippen molar-refractivity contribution >= 4 is 12.0 Å². The molecular weight excluding hydrogens is 430 g/mol. The van der Waals surface area contributed by atoms with E-state index in [9.17, 15) is 4.79 Å². The second kappa shape index (κ2) is 10.0. The van der Waals surface area contributed by atoms with Crippen LogP contribution >= 0.6 is 0 Å². The molecule has 1 unspecified atom stereocenters. The lowest BCUT2D eigenvalue weighted by molar-refractivity contribution is -0.137. The van der Waals surface area contributed by atoms with Crippen LogP contribution in [0.25, 0.3) is 6.08 Å². The van der Waals surface area contributed by atoms with Crippen LogP contribution < -0.4 is 5.32 Å². The quantitative estimate of drug-likeness (QED) is 0.281. The van der Waals surface area contributed by atoms with Crippen molar-refractivity contribution in [3.05, 3.63) is 75.9 Å². The Labute approximate surface area is 210 Å². The average Bonchev–Trinajstić information content (AvgIpc) is 3.76. The second-order valence-electron chi connectivity index (χ2n) is 11.1. The molecule has 3 aliphatic rings. The highest BCUT2D eigenvalue weighted by Crippen LogP contribution is 2.50. The lowest BCUT2D eigenvalue weighted by Gasteiger charge is -2.39. The van der Waals surface area contributed by atoms with Gasteiger partial charge in [0.05, 0.1) is 6.61 Å². The first-order chi connectivity index (χ1) is 16.9. The summed E-state index contributed by atoms with van der Waals surface area (Å²) in [5, 5.41) is 3.94. The molecule has 0 spiro atoms. The van der Waals surface area contributed by atoms with Crippen LogP contribution in [0.3, 0.4) is 0 Å². The van der Waals surface area contributed by atoms with Gasteiger partial charge in [0, 0.05) is 23.2 Å². The average molecular weight is 468 g/mol. The molecule has 1 atom stereocenters. The van der Waals surface area contributed by atoms with Crippen LogP contribution in [0.4, 0.5) is 0 Å². The Bertz CT molecular complexity index is 1170. The fourth-order valence-corrected chi connectivity index (χ4v) is 5.22. The molecule has 182 valence electrons. The normalized spacial score (nSPS) is 20.7. The molecule has 2 fully saturated rings. The van der Waals surface area contributed by atoms with Gasteiger partial charge in [-0.2, -0.15) is 0 Å². The highest BCUT2D eigenvalue weighted by atomic mass is 16.5. The summed E-state index contributed by atoms with van der Waals surface area (Å²) < 4.78 is 4.94. The van der Waals surface area contributed by atoms with Gasteiger partial charge >= 0.3 is 5.97 Å². The number of esters is 1. The van der Waals surface area contributed by atoms with E-state index in [-0.39, 0.29) is 11.4 Å². The molecule has 0 heterocycles. The lowest BCUT2D eigenvalue weighted by Crippen LogP contribution is -2.34. The van der Waals surface area contributed by atoms with Crippen LogP contribution in [0, 0.1) is 17.8 Å². The third kappa shape index (κ3) is 5.88. The molecule has 3 heteroatoms. The fourth-order valence-electron chi connectivity index (χ4n) is 5.22. The van der Waals surface area contributed by atoms with Crippen molar-refractivity contribution in [2.24, 2.45) is 5.92 Å². The Morgan fingerprint density at radius 2 is 1.80 bits per heavy atom. The van der Waals surface area contributed by atoms with Crippen molar-refractivity contribution in [2.45, 2.75) is 76.7 Å². The Morgan fingerprint density at radius 1 is 1.06 bits per heavy atom. The first-order valence-corrected chi connectivity index (χ1v) is 13.3. The smallest absolute Gasteiger partial charge is 0.330 e. The van der Waals surface area contributed by atoms with E-state index in [1.807, 2.05) is 24.3 Å². The minimum Gasteiger partial charge on any atom is -0.463 e. The third-order valence-corrected chi connectivity index (χ3v) is 7.67. The van der Waals surface area contributed by atoms with Crippen LogP contribution in [0.2, 0.25) is 0 Å². The van der Waals surface area contributed by atoms with Crippen LogP contribution in [-0.2, 0) is 14.9 Å². The number of hydrogen-bond donors (Lipinski definition) is 1. The molecule has 0 radical (unpaired) electrons. The van der Waals surface area contributed by atoms with E-state index >= 15 is 0 Å². The first kappa shape index (κ1) is 23.9.